The zero-order chi connectivity index (χ0) is 19.0. The Labute approximate surface area is 163 Å². The number of hydrogen-bond acceptors (Lipinski definition) is 5. The predicted octanol–water partition coefficient (Wildman–Crippen LogP) is 1.94. The maximum absolute atomic E-state index is 13.0. The summed E-state index contributed by atoms with van der Waals surface area (Å²) < 4.78 is 4.97. The number of methoxy groups -OCH3 is 1. The van der Waals surface area contributed by atoms with Crippen LogP contribution in [0.1, 0.15) is 51.4 Å². The second-order valence-corrected chi connectivity index (χ2v) is 9.06. The van der Waals surface area contributed by atoms with Crippen molar-refractivity contribution in [2.75, 3.05) is 26.8 Å². The molecule has 1 N–H and O–H groups in total. The molecule has 0 saturated heterocycles. The lowest BCUT2D eigenvalue weighted by Crippen LogP contribution is -2.38. The van der Waals surface area contributed by atoms with Crippen LogP contribution in [0.3, 0.4) is 0 Å². The summed E-state index contributed by atoms with van der Waals surface area (Å²) in [6.45, 7) is 1.81. The summed E-state index contributed by atoms with van der Waals surface area (Å²) in [6, 6.07) is 0. The standard InChI is InChI=1S/C20H26N2O4S/c1-26-11-18(24)22-7-6-16-14(10-22)19(20(25)21-9-12-2-3-12)17(27-16)8-15(23)13-4-5-13/h12-13H,2-11H2,1H3,(H,21,25). The van der Waals surface area contributed by atoms with Gasteiger partial charge in [0.25, 0.3) is 5.91 Å². The van der Waals surface area contributed by atoms with Crippen LogP contribution in [0.25, 0.3) is 0 Å². The van der Waals surface area contributed by atoms with Crippen LogP contribution in [0.2, 0.25) is 0 Å². The maximum Gasteiger partial charge on any atom is 0.252 e. The number of rotatable bonds is 8. The third-order valence-corrected chi connectivity index (χ3v) is 6.88. The highest BCUT2D eigenvalue weighted by atomic mass is 32.1. The van der Waals surface area contributed by atoms with Crippen LogP contribution in [-0.2, 0) is 33.7 Å². The Kier molecular flexibility index (Phi) is 5.32. The van der Waals surface area contributed by atoms with Crippen molar-refractivity contribution in [1.29, 1.82) is 0 Å². The van der Waals surface area contributed by atoms with Gasteiger partial charge in [-0.15, -0.1) is 11.3 Å². The number of fused-ring (bicyclic) bond motifs is 1. The lowest BCUT2D eigenvalue weighted by atomic mass is 9.99. The Balaban J connectivity index is 1.58. The molecule has 0 radical (unpaired) electrons. The molecule has 2 fully saturated rings. The van der Waals surface area contributed by atoms with Crippen molar-refractivity contribution in [2.24, 2.45) is 11.8 Å². The summed E-state index contributed by atoms with van der Waals surface area (Å²) >= 11 is 1.59. The molecule has 4 rings (SSSR count). The minimum absolute atomic E-state index is 0.0513. The molecule has 2 saturated carbocycles. The summed E-state index contributed by atoms with van der Waals surface area (Å²) in [5.41, 5.74) is 1.59. The highest BCUT2D eigenvalue weighted by molar-refractivity contribution is 7.12. The molecule has 146 valence electrons. The largest absolute Gasteiger partial charge is 0.375 e. The average Bonchev–Trinajstić information content (AvgIpc) is 3.55. The van der Waals surface area contributed by atoms with Gasteiger partial charge in [0.2, 0.25) is 5.91 Å². The lowest BCUT2D eigenvalue weighted by molar-refractivity contribution is -0.136. The van der Waals surface area contributed by atoms with E-state index < -0.39 is 0 Å². The molecule has 2 amide bonds. The van der Waals surface area contributed by atoms with Crippen molar-refractivity contribution < 1.29 is 19.1 Å². The SMILES string of the molecule is COCC(=O)N1CCc2sc(CC(=O)C3CC3)c(C(=O)NCC3CC3)c2C1. The van der Waals surface area contributed by atoms with Gasteiger partial charge in [0.15, 0.2) is 0 Å². The number of carbonyl (C=O) groups excluding carboxylic acids is 3. The van der Waals surface area contributed by atoms with Crippen LogP contribution in [0.5, 0.6) is 0 Å². The van der Waals surface area contributed by atoms with E-state index in [1.54, 1.807) is 16.2 Å². The molecule has 27 heavy (non-hydrogen) atoms. The van der Waals surface area contributed by atoms with E-state index in [-0.39, 0.29) is 30.1 Å². The van der Waals surface area contributed by atoms with E-state index in [2.05, 4.69) is 5.32 Å². The smallest absolute Gasteiger partial charge is 0.252 e. The first-order valence-corrected chi connectivity index (χ1v) is 10.6. The van der Waals surface area contributed by atoms with Crippen LogP contribution in [-0.4, -0.2) is 49.3 Å². The van der Waals surface area contributed by atoms with E-state index in [0.717, 1.165) is 34.6 Å². The molecule has 6 nitrogen and oxygen atoms in total. The number of thiophene rings is 1. The molecule has 2 aliphatic carbocycles. The molecular weight excluding hydrogens is 364 g/mol. The number of carbonyl (C=O) groups is 3. The summed E-state index contributed by atoms with van der Waals surface area (Å²) in [6.07, 6.45) is 5.39. The van der Waals surface area contributed by atoms with Gasteiger partial charge >= 0.3 is 0 Å². The molecule has 1 aliphatic heterocycles. The number of ketones is 1. The van der Waals surface area contributed by atoms with Crippen molar-refractivity contribution in [1.82, 2.24) is 10.2 Å². The Morgan fingerprint density at radius 2 is 2.00 bits per heavy atom. The molecule has 7 heteroatoms. The van der Waals surface area contributed by atoms with Gasteiger partial charge < -0.3 is 15.0 Å². The van der Waals surface area contributed by atoms with Gasteiger partial charge in [-0.05, 0) is 43.6 Å². The van der Waals surface area contributed by atoms with Gasteiger partial charge in [-0.1, -0.05) is 0 Å². The van der Waals surface area contributed by atoms with Gasteiger partial charge in [0.05, 0.1) is 5.56 Å². The Morgan fingerprint density at radius 3 is 2.67 bits per heavy atom. The number of Topliss-reactive ketones (excluding diaryl/α,β-unsaturated/α-hetero) is 1. The highest BCUT2D eigenvalue weighted by Crippen LogP contribution is 2.37. The van der Waals surface area contributed by atoms with E-state index in [0.29, 0.717) is 37.5 Å². The second kappa shape index (κ2) is 7.72. The minimum atomic E-state index is -0.0842. The highest BCUT2D eigenvalue weighted by Gasteiger charge is 2.34. The molecule has 0 atom stereocenters. The van der Waals surface area contributed by atoms with Crippen molar-refractivity contribution in [3.63, 3.8) is 0 Å². The van der Waals surface area contributed by atoms with E-state index in [4.69, 9.17) is 4.74 Å². The third kappa shape index (κ3) is 4.24. The first kappa shape index (κ1) is 18.6. The first-order valence-electron chi connectivity index (χ1n) is 9.77. The third-order valence-electron chi connectivity index (χ3n) is 5.58. The van der Waals surface area contributed by atoms with E-state index >= 15 is 0 Å². The van der Waals surface area contributed by atoms with Crippen molar-refractivity contribution >= 4 is 28.9 Å². The van der Waals surface area contributed by atoms with Gasteiger partial charge in [-0.3, -0.25) is 14.4 Å². The summed E-state index contributed by atoms with van der Waals surface area (Å²) in [7, 11) is 1.51. The zero-order valence-electron chi connectivity index (χ0n) is 15.7. The molecule has 0 unspecified atom stereocenters. The maximum atomic E-state index is 13.0. The van der Waals surface area contributed by atoms with Crippen LogP contribution in [0.4, 0.5) is 0 Å². The number of ether oxygens (including phenoxy) is 1. The summed E-state index contributed by atoms with van der Waals surface area (Å²) in [5, 5.41) is 3.05. The topological polar surface area (TPSA) is 75.7 Å². The van der Waals surface area contributed by atoms with Gasteiger partial charge in [0, 0.05) is 48.8 Å². The average molecular weight is 391 g/mol. The van der Waals surface area contributed by atoms with Crippen molar-refractivity contribution in [3.05, 3.63) is 20.9 Å². The summed E-state index contributed by atoms with van der Waals surface area (Å²) in [5.74, 6) is 0.886. The minimum Gasteiger partial charge on any atom is -0.375 e. The molecule has 0 aromatic carbocycles. The quantitative estimate of drug-likeness (QED) is 0.736. The lowest BCUT2D eigenvalue weighted by Gasteiger charge is -2.27. The van der Waals surface area contributed by atoms with Crippen LogP contribution in [0.15, 0.2) is 0 Å². The van der Waals surface area contributed by atoms with Crippen molar-refractivity contribution in [2.45, 2.75) is 45.1 Å². The predicted molar refractivity (Wildman–Crippen MR) is 102 cm³/mol. The monoisotopic (exact) mass is 390 g/mol. The normalized spacial score (nSPS) is 18.9. The number of nitrogens with one attached hydrogen (secondary N) is 1. The zero-order valence-corrected chi connectivity index (χ0v) is 16.5. The Bertz CT molecular complexity index is 764. The molecule has 1 aromatic rings. The van der Waals surface area contributed by atoms with E-state index in [1.165, 1.54) is 20.0 Å². The molecule has 0 bridgehead atoms. The van der Waals surface area contributed by atoms with Gasteiger partial charge in [-0.25, -0.2) is 0 Å². The Hall–Kier alpha value is -1.73. The summed E-state index contributed by atoms with van der Waals surface area (Å²) in [4.78, 5) is 41.4. The molecular formula is C20H26N2O4S. The number of nitrogens with zero attached hydrogens (tertiary/aromatic N) is 1. The van der Waals surface area contributed by atoms with Crippen LogP contribution < -0.4 is 5.32 Å². The molecule has 2 heterocycles. The van der Waals surface area contributed by atoms with Crippen LogP contribution in [0, 0.1) is 11.8 Å². The molecule has 3 aliphatic rings. The number of hydrogen-bond donors (Lipinski definition) is 1. The fourth-order valence-electron chi connectivity index (χ4n) is 3.62. The van der Waals surface area contributed by atoms with Crippen LogP contribution >= 0.6 is 11.3 Å². The van der Waals surface area contributed by atoms with E-state index in [1.807, 2.05) is 0 Å². The van der Waals surface area contributed by atoms with Crippen molar-refractivity contribution in [3.8, 4) is 0 Å². The first-order chi connectivity index (χ1) is 13.1. The molecule has 1 aromatic heterocycles. The number of amides is 2. The fraction of sp³-hybridized carbons (Fsp3) is 0.650. The van der Waals surface area contributed by atoms with Gasteiger partial charge in [0.1, 0.15) is 12.4 Å². The van der Waals surface area contributed by atoms with E-state index in [9.17, 15) is 14.4 Å². The second-order valence-electron chi connectivity index (χ2n) is 7.87. The molecule has 0 spiro atoms. The fourth-order valence-corrected chi connectivity index (χ4v) is 4.93. The van der Waals surface area contributed by atoms with Gasteiger partial charge in [-0.2, -0.15) is 0 Å². The Morgan fingerprint density at radius 1 is 1.22 bits per heavy atom.